The number of pyridine rings is 2. The van der Waals surface area contributed by atoms with E-state index in [4.69, 9.17) is 0 Å². The second-order valence-electron chi connectivity index (χ2n) is 13.4. The molecule has 228 valence electrons. The molecule has 0 saturated heterocycles. The van der Waals surface area contributed by atoms with Crippen molar-refractivity contribution in [1.29, 1.82) is 0 Å². The van der Waals surface area contributed by atoms with Gasteiger partial charge in [-0.25, -0.2) is 0 Å². The molecule has 6 rings (SSSR count). The molecule has 2 aromatic heterocycles. The molecule has 4 aliphatic carbocycles. The summed E-state index contributed by atoms with van der Waals surface area (Å²) in [5.74, 6) is 0.698. The molecule has 0 fully saturated rings. The SMILES string of the molecule is CC=C1[C@@H]2C=C(C)C[C@@]1(NCCCCCCCN[C@]13CC(C)=C[C@H](Cc4[nH]c(=O)ccc41)C3=CC)c1ccc(=O)[nH]c1C2. The van der Waals surface area contributed by atoms with Gasteiger partial charge in [0.05, 0.1) is 11.1 Å². The van der Waals surface area contributed by atoms with Crippen molar-refractivity contribution < 1.29 is 0 Å². The lowest BCUT2D eigenvalue weighted by Gasteiger charge is -2.48. The maximum absolute atomic E-state index is 12.1. The van der Waals surface area contributed by atoms with Crippen LogP contribution in [0.4, 0.5) is 0 Å². The highest BCUT2D eigenvalue weighted by Crippen LogP contribution is 2.50. The Balaban J connectivity index is 1.03. The van der Waals surface area contributed by atoms with Gasteiger partial charge in [-0.05, 0) is 114 Å². The van der Waals surface area contributed by atoms with Crippen LogP contribution in [0.25, 0.3) is 0 Å². The fourth-order valence-corrected chi connectivity index (χ4v) is 8.92. The molecule has 43 heavy (non-hydrogen) atoms. The lowest BCUT2D eigenvalue weighted by molar-refractivity contribution is 0.316. The molecule has 0 radical (unpaired) electrons. The number of fused-ring (bicyclic) bond motifs is 8. The number of hydrogen-bond acceptors (Lipinski definition) is 4. The summed E-state index contributed by atoms with van der Waals surface area (Å²) in [6.45, 7) is 10.7. The summed E-state index contributed by atoms with van der Waals surface area (Å²) in [6, 6.07) is 7.48. The van der Waals surface area contributed by atoms with Crippen molar-refractivity contribution >= 4 is 0 Å². The monoisotopic (exact) mass is 580 g/mol. The fourth-order valence-electron chi connectivity index (χ4n) is 8.92. The van der Waals surface area contributed by atoms with Crippen LogP contribution in [0.3, 0.4) is 0 Å². The third-order valence-corrected chi connectivity index (χ3v) is 10.4. The van der Waals surface area contributed by atoms with E-state index in [1.54, 1.807) is 12.1 Å². The first-order valence-corrected chi connectivity index (χ1v) is 16.4. The van der Waals surface area contributed by atoms with Gasteiger partial charge >= 0.3 is 0 Å². The summed E-state index contributed by atoms with van der Waals surface area (Å²) in [4.78, 5) is 30.5. The van der Waals surface area contributed by atoms with E-state index in [9.17, 15) is 9.59 Å². The van der Waals surface area contributed by atoms with Gasteiger partial charge in [-0.1, -0.05) is 54.7 Å². The van der Waals surface area contributed by atoms with E-state index in [2.05, 4.69) is 84.7 Å². The van der Waals surface area contributed by atoms with Gasteiger partial charge in [0.15, 0.2) is 0 Å². The van der Waals surface area contributed by atoms with E-state index < -0.39 is 0 Å². The van der Waals surface area contributed by atoms with Crippen molar-refractivity contribution in [3.8, 4) is 0 Å². The van der Waals surface area contributed by atoms with Crippen LogP contribution in [0.5, 0.6) is 0 Å². The average molecular weight is 581 g/mol. The van der Waals surface area contributed by atoms with Crippen LogP contribution in [0.2, 0.25) is 0 Å². The van der Waals surface area contributed by atoms with Gasteiger partial charge in [0.25, 0.3) is 0 Å². The second-order valence-corrected chi connectivity index (χ2v) is 13.4. The molecule has 4 aliphatic rings. The second kappa shape index (κ2) is 12.0. The van der Waals surface area contributed by atoms with Gasteiger partial charge < -0.3 is 20.6 Å². The molecule has 4 bridgehead atoms. The first kappa shape index (κ1) is 29.8. The first-order chi connectivity index (χ1) is 20.8. The number of H-pyrrole nitrogens is 2. The van der Waals surface area contributed by atoms with E-state index in [1.807, 2.05) is 0 Å². The number of aromatic amines is 2. The molecule has 2 heterocycles. The highest BCUT2D eigenvalue weighted by Gasteiger charge is 2.47. The Morgan fingerprint density at radius 1 is 0.698 bits per heavy atom. The topological polar surface area (TPSA) is 89.8 Å². The lowest BCUT2D eigenvalue weighted by atomic mass is 9.63. The largest absolute Gasteiger partial charge is 0.326 e. The number of rotatable bonds is 10. The lowest BCUT2D eigenvalue weighted by Crippen LogP contribution is -2.52. The molecule has 0 saturated carbocycles. The van der Waals surface area contributed by atoms with Crippen molar-refractivity contribution in [2.45, 2.75) is 96.6 Å². The minimum Gasteiger partial charge on any atom is -0.326 e. The van der Waals surface area contributed by atoms with Gasteiger partial charge in [0, 0.05) is 35.4 Å². The summed E-state index contributed by atoms with van der Waals surface area (Å²) in [6.07, 6.45) is 18.9. The van der Waals surface area contributed by atoms with Gasteiger partial charge in [0.2, 0.25) is 11.1 Å². The molecule has 0 unspecified atom stereocenters. The highest BCUT2D eigenvalue weighted by molar-refractivity contribution is 5.50. The summed E-state index contributed by atoms with van der Waals surface area (Å²) < 4.78 is 0. The Hall–Kier alpha value is -3.22. The summed E-state index contributed by atoms with van der Waals surface area (Å²) in [7, 11) is 0. The van der Waals surface area contributed by atoms with E-state index in [-0.39, 0.29) is 22.2 Å². The van der Waals surface area contributed by atoms with Crippen molar-refractivity contribution in [3.63, 3.8) is 0 Å². The summed E-state index contributed by atoms with van der Waals surface area (Å²) in [5.41, 5.74) is 9.99. The van der Waals surface area contributed by atoms with E-state index in [0.29, 0.717) is 11.8 Å². The van der Waals surface area contributed by atoms with Gasteiger partial charge in [0.1, 0.15) is 0 Å². The molecule has 6 heteroatoms. The third-order valence-electron chi connectivity index (χ3n) is 10.4. The zero-order chi connectivity index (χ0) is 30.2. The van der Waals surface area contributed by atoms with Crippen molar-refractivity contribution in [1.82, 2.24) is 20.6 Å². The number of aromatic nitrogens is 2. The van der Waals surface area contributed by atoms with Crippen molar-refractivity contribution in [2.24, 2.45) is 11.8 Å². The number of hydrogen-bond donors (Lipinski definition) is 4. The average Bonchev–Trinajstić information content (AvgIpc) is 2.95. The predicted octanol–water partition coefficient (Wildman–Crippen LogP) is 6.22. The molecule has 6 nitrogen and oxygen atoms in total. The van der Waals surface area contributed by atoms with E-state index >= 15 is 0 Å². The fraction of sp³-hybridized carbons (Fsp3) is 0.514. The first-order valence-electron chi connectivity index (χ1n) is 16.4. The van der Waals surface area contributed by atoms with E-state index in [0.717, 1.165) is 63.0 Å². The van der Waals surface area contributed by atoms with Gasteiger partial charge in [-0.3, -0.25) is 9.59 Å². The molecule has 0 amide bonds. The summed E-state index contributed by atoms with van der Waals surface area (Å²) in [5, 5.41) is 7.98. The van der Waals surface area contributed by atoms with Crippen LogP contribution in [0.15, 0.2) is 80.5 Å². The van der Waals surface area contributed by atoms with Crippen LogP contribution in [-0.2, 0) is 23.9 Å². The van der Waals surface area contributed by atoms with Crippen LogP contribution in [0.1, 0.15) is 95.2 Å². The molecule has 4 N–H and O–H groups in total. The third kappa shape index (κ3) is 5.38. The van der Waals surface area contributed by atoms with Crippen LogP contribution >= 0.6 is 0 Å². The Kier molecular flexibility index (Phi) is 8.36. The molecule has 4 atom stereocenters. The Labute approximate surface area is 255 Å². The molecule has 2 aromatic rings. The van der Waals surface area contributed by atoms with E-state index in [1.165, 1.54) is 52.7 Å². The Morgan fingerprint density at radius 2 is 1.12 bits per heavy atom. The van der Waals surface area contributed by atoms with Gasteiger partial charge in [-0.15, -0.1) is 0 Å². The number of unbranched alkanes of at least 4 members (excludes halogenated alkanes) is 4. The zero-order valence-electron chi connectivity index (χ0n) is 26.4. The molecule has 0 aliphatic heterocycles. The van der Waals surface area contributed by atoms with Crippen molar-refractivity contribution in [2.75, 3.05) is 13.1 Å². The number of allylic oxidation sites excluding steroid dienone is 4. The maximum atomic E-state index is 12.1. The Morgan fingerprint density at radius 3 is 1.53 bits per heavy atom. The standard InChI is InChI=1S/C37H48N4O2/c1-5-28-26-18-24(3)22-36(28,30-12-14-34(42)40-32(30)20-26)38-16-10-8-7-9-11-17-39-37-23-25(4)19-27(29(37)6-2)21-33-31(37)13-15-35(43)41-33/h5-6,12-15,18-19,26-27,38-39H,7-11,16-17,20-23H2,1-4H3,(H,40,42)(H,41,43)/t26-,27-,36+,37+/m1/s1. The van der Waals surface area contributed by atoms with Crippen LogP contribution in [-0.4, -0.2) is 23.1 Å². The minimum absolute atomic E-state index is 0.00911. The van der Waals surface area contributed by atoms with Crippen molar-refractivity contribution in [3.05, 3.63) is 114 Å². The molecular weight excluding hydrogens is 532 g/mol. The Bertz CT molecular complexity index is 1500. The van der Waals surface area contributed by atoms with Crippen LogP contribution < -0.4 is 21.8 Å². The molecule has 0 aromatic carbocycles. The number of nitrogens with one attached hydrogen (secondary N) is 4. The predicted molar refractivity (Wildman–Crippen MR) is 175 cm³/mol. The maximum Gasteiger partial charge on any atom is 0.248 e. The molecule has 0 spiro atoms. The highest BCUT2D eigenvalue weighted by atomic mass is 16.1. The summed E-state index contributed by atoms with van der Waals surface area (Å²) >= 11 is 0. The van der Waals surface area contributed by atoms with Crippen LogP contribution in [0, 0.1) is 11.8 Å². The minimum atomic E-state index is -0.214. The normalized spacial score (nSPS) is 29.2. The zero-order valence-corrected chi connectivity index (χ0v) is 26.4. The van der Waals surface area contributed by atoms with Gasteiger partial charge in [-0.2, -0.15) is 0 Å². The molecular formula is C37H48N4O2. The quantitative estimate of drug-likeness (QED) is 0.198. The smallest absolute Gasteiger partial charge is 0.248 e.